The zero-order valence-electron chi connectivity index (χ0n) is 9.10. The standard InChI is InChI=1S/C10H17N3O2/c1-8(10(14)15)7-11-5-3-9-4-6-12-13(9)2/h4,6,8,11H,3,5,7H2,1-2H3,(H,14,15). The Bertz CT molecular complexity index is 322. The van der Waals surface area contributed by atoms with Gasteiger partial charge in [-0.3, -0.25) is 9.48 Å². The molecule has 0 saturated carbocycles. The van der Waals surface area contributed by atoms with Crippen molar-refractivity contribution in [2.45, 2.75) is 13.3 Å². The Hall–Kier alpha value is -1.36. The van der Waals surface area contributed by atoms with E-state index in [0.717, 1.165) is 18.7 Å². The van der Waals surface area contributed by atoms with Gasteiger partial charge in [0.15, 0.2) is 0 Å². The molecule has 5 nitrogen and oxygen atoms in total. The summed E-state index contributed by atoms with van der Waals surface area (Å²) in [6.45, 7) is 2.98. The van der Waals surface area contributed by atoms with Gasteiger partial charge in [-0.15, -0.1) is 0 Å². The molecule has 0 aliphatic heterocycles. The monoisotopic (exact) mass is 211 g/mol. The van der Waals surface area contributed by atoms with E-state index in [2.05, 4.69) is 10.4 Å². The van der Waals surface area contributed by atoms with Crippen LogP contribution in [-0.4, -0.2) is 33.9 Å². The van der Waals surface area contributed by atoms with Crippen molar-refractivity contribution in [1.29, 1.82) is 0 Å². The summed E-state index contributed by atoms with van der Waals surface area (Å²) < 4.78 is 1.82. The Labute approximate surface area is 89.1 Å². The van der Waals surface area contributed by atoms with E-state index in [0.29, 0.717) is 6.54 Å². The van der Waals surface area contributed by atoms with E-state index in [9.17, 15) is 4.79 Å². The Morgan fingerprint density at radius 2 is 2.47 bits per heavy atom. The molecule has 0 spiro atoms. The summed E-state index contributed by atoms with van der Waals surface area (Å²) in [7, 11) is 1.90. The molecule has 1 heterocycles. The van der Waals surface area contributed by atoms with E-state index in [4.69, 9.17) is 5.11 Å². The maximum atomic E-state index is 10.5. The topological polar surface area (TPSA) is 67.2 Å². The minimum absolute atomic E-state index is 0.337. The van der Waals surface area contributed by atoms with Gasteiger partial charge in [-0.1, -0.05) is 6.92 Å². The van der Waals surface area contributed by atoms with Gasteiger partial charge in [-0.25, -0.2) is 0 Å². The summed E-state index contributed by atoms with van der Waals surface area (Å²) in [6.07, 6.45) is 2.62. The largest absolute Gasteiger partial charge is 0.481 e. The summed E-state index contributed by atoms with van der Waals surface area (Å²) in [4.78, 5) is 10.5. The molecule has 0 fully saturated rings. The summed E-state index contributed by atoms with van der Waals surface area (Å²) in [5, 5.41) is 15.8. The lowest BCUT2D eigenvalue weighted by Gasteiger charge is -2.08. The molecule has 1 atom stereocenters. The normalized spacial score (nSPS) is 12.7. The first-order valence-corrected chi connectivity index (χ1v) is 5.01. The first-order valence-electron chi connectivity index (χ1n) is 5.01. The van der Waals surface area contributed by atoms with Crippen LogP contribution in [0.25, 0.3) is 0 Å². The first-order chi connectivity index (χ1) is 7.11. The number of aromatic nitrogens is 2. The fraction of sp³-hybridized carbons (Fsp3) is 0.600. The van der Waals surface area contributed by atoms with Gasteiger partial charge in [0.05, 0.1) is 5.92 Å². The molecule has 1 aromatic rings. The van der Waals surface area contributed by atoms with Crippen LogP contribution < -0.4 is 5.32 Å². The van der Waals surface area contributed by atoms with Crippen molar-refractivity contribution >= 4 is 5.97 Å². The van der Waals surface area contributed by atoms with Crippen LogP contribution in [0.5, 0.6) is 0 Å². The zero-order chi connectivity index (χ0) is 11.3. The SMILES string of the molecule is CC(CNCCc1ccnn1C)C(=O)O. The number of aryl methyl sites for hydroxylation is 1. The van der Waals surface area contributed by atoms with Crippen molar-refractivity contribution < 1.29 is 9.90 Å². The van der Waals surface area contributed by atoms with Crippen molar-refractivity contribution in [1.82, 2.24) is 15.1 Å². The van der Waals surface area contributed by atoms with Crippen LogP contribution in [0.3, 0.4) is 0 Å². The van der Waals surface area contributed by atoms with Gasteiger partial charge in [0.2, 0.25) is 0 Å². The molecule has 0 aliphatic carbocycles. The number of carboxylic acid groups (broad SMARTS) is 1. The molecular formula is C10H17N3O2. The highest BCUT2D eigenvalue weighted by atomic mass is 16.4. The highest BCUT2D eigenvalue weighted by molar-refractivity contribution is 5.69. The summed E-state index contributed by atoms with van der Waals surface area (Å²) in [5.74, 6) is -1.10. The van der Waals surface area contributed by atoms with Crippen LogP contribution in [0, 0.1) is 5.92 Å². The zero-order valence-corrected chi connectivity index (χ0v) is 9.10. The third kappa shape index (κ3) is 3.71. The minimum Gasteiger partial charge on any atom is -0.481 e. The molecule has 0 aromatic carbocycles. The second-order valence-electron chi connectivity index (χ2n) is 3.64. The molecule has 1 unspecified atom stereocenters. The average Bonchev–Trinajstić information content (AvgIpc) is 2.58. The van der Waals surface area contributed by atoms with Crippen molar-refractivity contribution in [3.05, 3.63) is 18.0 Å². The number of carbonyl (C=O) groups is 1. The van der Waals surface area contributed by atoms with Crippen LogP contribution in [0.4, 0.5) is 0 Å². The van der Waals surface area contributed by atoms with Gasteiger partial charge in [-0.2, -0.15) is 5.10 Å². The molecule has 0 saturated heterocycles. The fourth-order valence-corrected chi connectivity index (χ4v) is 1.27. The first kappa shape index (κ1) is 11.7. The van der Waals surface area contributed by atoms with Crippen LogP contribution >= 0.6 is 0 Å². The maximum absolute atomic E-state index is 10.5. The lowest BCUT2D eigenvalue weighted by Crippen LogP contribution is -2.28. The molecule has 84 valence electrons. The molecular weight excluding hydrogens is 194 g/mol. The number of aliphatic carboxylic acids is 1. The average molecular weight is 211 g/mol. The summed E-state index contributed by atoms with van der Waals surface area (Å²) >= 11 is 0. The highest BCUT2D eigenvalue weighted by Crippen LogP contribution is 1.97. The molecule has 1 aromatic heterocycles. The van der Waals surface area contributed by atoms with Crippen molar-refractivity contribution in [3.8, 4) is 0 Å². The molecule has 15 heavy (non-hydrogen) atoms. The number of hydrogen-bond donors (Lipinski definition) is 2. The number of hydrogen-bond acceptors (Lipinski definition) is 3. The summed E-state index contributed by atoms with van der Waals surface area (Å²) in [6, 6.07) is 1.96. The number of nitrogens with zero attached hydrogens (tertiary/aromatic N) is 2. The second-order valence-corrected chi connectivity index (χ2v) is 3.64. The molecule has 0 aliphatic rings. The number of carboxylic acids is 1. The Balaban J connectivity index is 2.17. The van der Waals surface area contributed by atoms with Crippen LogP contribution in [0.2, 0.25) is 0 Å². The lowest BCUT2D eigenvalue weighted by atomic mass is 10.2. The van der Waals surface area contributed by atoms with Crippen molar-refractivity contribution in [2.24, 2.45) is 13.0 Å². The minimum atomic E-state index is -0.761. The highest BCUT2D eigenvalue weighted by Gasteiger charge is 2.09. The second kappa shape index (κ2) is 5.50. The van der Waals surface area contributed by atoms with Gasteiger partial charge < -0.3 is 10.4 Å². The molecule has 1 rings (SSSR count). The van der Waals surface area contributed by atoms with Gasteiger partial charge >= 0.3 is 5.97 Å². The quantitative estimate of drug-likeness (QED) is 0.663. The molecule has 0 bridgehead atoms. The van der Waals surface area contributed by atoms with Gasteiger partial charge in [0.25, 0.3) is 0 Å². The molecule has 0 amide bonds. The third-order valence-corrected chi connectivity index (χ3v) is 2.35. The number of rotatable bonds is 6. The van der Waals surface area contributed by atoms with E-state index < -0.39 is 5.97 Å². The van der Waals surface area contributed by atoms with E-state index in [1.807, 2.05) is 17.8 Å². The van der Waals surface area contributed by atoms with Crippen LogP contribution in [0.15, 0.2) is 12.3 Å². The Morgan fingerprint density at radius 1 is 1.73 bits per heavy atom. The Kier molecular flexibility index (Phi) is 4.30. The van der Waals surface area contributed by atoms with E-state index >= 15 is 0 Å². The van der Waals surface area contributed by atoms with Gasteiger partial charge in [0, 0.05) is 38.4 Å². The van der Waals surface area contributed by atoms with E-state index in [1.165, 1.54) is 0 Å². The van der Waals surface area contributed by atoms with Gasteiger partial charge in [-0.05, 0) is 6.07 Å². The lowest BCUT2D eigenvalue weighted by molar-refractivity contribution is -0.140. The van der Waals surface area contributed by atoms with E-state index in [1.54, 1.807) is 13.1 Å². The predicted molar refractivity (Wildman–Crippen MR) is 56.6 cm³/mol. The van der Waals surface area contributed by atoms with Gasteiger partial charge in [0.1, 0.15) is 0 Å². The third-order valence-electron chi connectivity index (χ3n) is 2.35. The Morgan fingerprint density at radius 3 is 3.00 bits per heavy atom. The van der Waals surface area contributed by atoms with E-state index in [-0.39, 0.29) is 5.92 Å². The smallest absolute Gasteiger partial charge is 0.307 e. The van der Waals surface area contributed by atoms with Crippen molar-refractivity contribution in [2.75, 3.05) is 13.1 Å². The predicted octanol–water partition coefficient (Wildman–Crippen LogP) is 0.273. The summed E-state index contributed by atoms with van der Waals surface area (Å²) in [5.41, 5.74) is 1.14. The van der Waals surface area contributed by atoms with Crippen molar-refractivity contribution in [3.63, 3.8) is 0 Å². The molecule has 0 radical (unpaired) electrons. The van der Waals surface area contributed by atoms with Crippen LogP contribution in [-0.2, 0) is 18.3 Å². The fourth-order valence-electron chi connectivity index (χ4n) is 1.27. The number of nitrogens with one attached hydrogen (secondary N) is 1. The molecule has 5 heteroatoms. The molecule has 2 N–H and O–H groups in total. The maximum Gasteiger partial charge on any atom is 0.307 e. The van der Waals surface area contributed by atoms with Crippen LogP contribution in [0.1, 0.15) is 12.6 Å².